The smallest absolute Gasteiger partial charge is 0.263 e. The van der Waals surface area contributed by atoms with Gasteiger partial charge in [0.15, 0.2) is 0 Å². The van der Waals surface area contributed by atoms with E-state index in [-0.39, 0.29) is 22.2 Å². The van der Waals surface area contributed by atoms with Crippen LogP contribution in [0.4, 0.5) is 5.69 Å². The predicted octanol–water partition coefficient (Wildman–Crippen LogP) is 3.66. The zero-order valence-corrected chi connectivity index (χ0v) is 13.5. The monoisotopic (exact) mass is 351 g/mol. The number of aliphatic hydroxyl groups excluding tert-OH is 1. The van der Waals surface area contributed by atoms with Crippen molar-refractivity contribution in [2.75, 3.05) is 4.72 Å². The lowest BCUT2D eigenvalue weighted by Gasteiger charge is -2.11. The van der Waals surface area contributed by atoms with Crippen LogP contribution in [0.25, 0.3) is 0 Å². The maximum absolute atomic E-state index is 12.4. The number of thiophene rings is 1. The Balaban J connectivity index is 2.43. The molecule has 20 heavy (non-hydrogen) atoms. The van der Waals surface area contributed by atoms with Crippen LogP contribution in [0.1, 0.15) is 10.4 Å². The molecule has 0 aliphatic heterocycles. The van der Waals surface area contributed by atoms with Crippen LogP contribution >= 0.6 is 34.5 Å². The van der Waals surface area contributed by atoms with Crippen molar-refractivity contribution in [2.24, 2.45) is 0 Å². The highest BCUT2D eigenvalue weighted by Crippen LogP contribution is 2.31. The molecule has 2 rings (SSSR count). The number of halogens is 2. The molecule has 4 nitrogen and oxygen atoms in total. The Hall–Kier alpha value is -0.790. The van der Waals surface area contributed by atoms with Gasteiger partial charge in [0.05, 0.1) is 22.2 Å². The van der Waals surface area contributed by atoms with Crippen molar-refractivity contribution < 1.29 is 13.5 Å². The second-order valence-corrected chi connectivity index (χ2v) is 7.49. The predicted molar refractivity (Wildman–Crippen MR) is 82.2 cm³/mol. The number of rotatable bonds is 4. The molecule has 0 atom stereocenters. The molecule has 8 heteroatoms. The Bertz CT molecular complexity index is 741. The van der Waals surface area contributed by atoms with Crippen molar-refractivity contribution >= 4 is 50.2 Å². The SMILES string of the molecule is Cc1csc(CO)c1S(=O)(=O)Nc1ccc(Cl)cc1Cl. The van der Waals surface area contributed by atoms with Gasteiger partial charge in [0, 0.05) is 5.02 Å². The number of hydrogen-bond acceptors (Lipinski definition) is 4. The molecule has 2 aromatic rings. The Kier molecular flexibility index (Phi) is 4.61. The third-order valence-corrected chi connectivity index (χ3v) is 5.94. The number of benzene rings is 1. The van der Waals surface area contributed by atoms with E-state index in [1.165, 1.54) is 23.5 Å². The van der Waals surface area contributed by atoms with Gasteiger partial charge in [-0.3, -0.25) is 4.72 Å². The maximum Gasteiger partial charge on any atom is 0.263 e. The summed E-state index contributed by atoms with van der Waals surface area (Å²) in [7, 11) is -3.81. The molecule has 0 amide bonds. The molecular formula is C12H11Cl2NO3S2. The Morgan fingerprint density at radius 3 is 2.65 bits per heavy atom. The second kappa shape index (κ2) is 5.91. The number of sulfonamides is 1. The summed E-state index contributed by atoms with van der Waals surface area (Å²) in [6, 6.07) is 4.48. The van der Waals surface area contributed by atoms with Crippen LogP contribution in [0.15, 0.2) is 28.5 Å². The third-order valence-electron chi connectivity index (χ3n) is 2.58. The van der Waals surface area contributed by atoms with E-state index in [1.807, 2.05) is 0 Å². The van der Waals surface area contributed by atoms with E-state index in [4.69, 9.17) is 23.2 Å². The van der Waals surface area contributed by atoms with Crippen molar-refractivity contribution in [3.63, 3.8) is 0 Å². The van der Waals surface area contributed by atoms with Gasteiger partial charge in [0.2, 0.25) is 0 Å². The lowest BCUT2D eigenvalue weighted by molar-refractivity contribution is 0.282. The highest BCUT2D eigenvalue weighted by atomic mass is 35.5. The van der Waals surface area contributed by atoms with Crippen LogP contribution in [0, 0.1) is 6.92 Å². The van der Waals surface area contributed by atoms with Gasteiger partial charge in [0.1, 0.15) is 4.90 Å². The number of aryl methyl sites for hydroxylation is 1. The van der Waals surface area contributed by atoms with Crippen LogP contribution in [0.3, 0.4) is 0 Å². The lowest BCUT2D eigenvalue weighted by Crippen LogP contribution is -2.15. The quantitative estimate of drug-likeness (QED) is 0.883. The van der Waals surface area contributed by atoms with Gasteiger partial charge in [-0.2, -0.15) is 0 Å². The molecule has 1 aromatic heterocycles. The van der Waals surface area contributed by atoms with Crippen LogP contribution in [0.2, 0.25) is 10.0 Å². The fourth-order valence-electron chi connectivity index (χ4n) is 1.73. The molecule has 0 spiro atoms. The molecule has 0 saturated carbocycles. The van der Waals surface area contributed by atoms with E-state index < -0.39 is 10.0 Å². The Labute approximate surface area is 131 Å². The summed E-state index contributed by atoms with van der Waals surface area (Å²) in [5.41, 5.74) is 0.821. The number of nitrogens with one attached hydrogen (secondary N) is 1. The van der Waals surface area contributed by atoms with Crippen molar-refractivity contribution in [2.45, 2.75) is 18.4 Å². The first-order chi connectivity index (χ1) is 9.35. The normalized spacial score (nSPS) is 11.6. The Morgan fingerprint density at radius 1 is 1.35 bits per heavy atom. The number of aliphatic hydroxyl groups is 1. The zero-order chi connectivity index (χ0) is 14.9. The average molecular weight is 352 g/mol. The summed E-state index contributed by atoms with van der Waals surface area (Å²) >= 11 is 12.9. The van der Waals surface area contributed by atoms with Crippen LogP contribution < -0.4 is 4.72 Å². The van der Waals surface area contributed by atoms with E-state index >= 15 is 0 Å². The molecule has 0 bridgehead atoms. The zero-order valence-electron chi connectivity index (χ0n) is 10.4. The molecule has 108 valence electrons. The molecule has 0 aliphatic rings. The molecule has 2 N–H and O–H groups in total. The maximum atomic E-state index is 12.4. The first-order valence-electron chi connectivity index (χ1n) is 5.51. The van der Waals surface area contributed by atoms with Gasteiger partial charge in [-0.15, -0.1) is 11.3 Å². The first kappa shape index (κ1) is 15.6. The molecule has 1 heterocycles. The topological polar surface area (TPSA) is 66.4 Å². The summed E-state index contributed by atoms with van der Waals surface area (Å²) in [5, 5.41) is 11.5. The third kappa shape index (κ3) is 3.10. The Morgan fingerprint density at radius 2 is 2.05 bits per heavy atom. The van der Waals surface area contributed by atoms with Crippen molar-refractivity contribution in [3.05, 3.63) is 44.1 Å². The summed E-state index contributed by atoms with van der Waals surface area (Å²) in [4.78, 5) is 0.483. The van der Waals surface area contributed by atoms with E-state index in [0.29, 0.717) is 15.5 Å². The van der Waals surface area contributed by atoms with E-state index in [1.54, 1.807) is 18.4 Å². The van der Waals surface area contributed by atoms with Crippen molar-refractivity contribution in [1.29, 1.82) is 0 Å². The molecule has 0 fully saturated rings. The summed E-state index contributed by atoms with van der Waals surface area (Å²) in [6.45, 7) is 1.34. The van der Waals surface area contributed by atoms with Crippen LogP contribution in [0.5, 0.6) is 0 Å². The highest BCUT2D eigenvalue weighted by molar-refractivity contribution is 7.93. The molecule has 1 aromatic carbocycles. The molecular weight excluding hydrogens is 341 g/mol. The van der Waals surface area contributed by atoms with Gasteiger partial charge >= 0.3 is 0 Å². The highest BCUT2D eigenvalue weighted by Gasteiger charge is 2.23. The first-order valence-corrected chi connectivity index (χ1v) is 8.62. The van der Waals surface area contributed by atoms with Crippen LogP contribution in [-0.2, 0) is 16.6 Å². The van der Waals surface area contributed by atoms with Gasteiger partial charge in [0.25, 0.3) is 10.0 Å². The number of hydrogen-bond donors (Lipinski definition) is 2. The van der Waals surface area contributed by atoms with Crippen molar-refractivity contribution in [1.82, 2.24) is 0 Å². The lowest BCUT2D eigenvalue weighted by atomic mass is 10.3. The van der Waals surface area contributed by atoms with Gasteiger partial charge in [-0.25, -0.2) is 8.42 Å². The van der Waals surface area contributed by atoms with Gasteiger partial charge in [-0.05, 0) is 36.1 Å². The van der Waals surface area contributed by atoms with Crippen molar-refractivity contribution in [3.8, 4) is 0 Å². The van der Waals surface area contributed by atoms with Gasteiger partial charge < -0.3 is 5.11 Å². The largest absolute Gasteiger partial charge is 0.391 e. The fourth-order valence-corrected chi connectivity index (χ4v) is 4.98. The van der Waals surface area contributed by atoms with E-state index in [9.17, 15) is 13.5 Å². The standard InChI is InChI=1S/C12H11Cl2NO3S2/c1-7-6-19-11(5-16)12(7)20(17,18)15-10-3-2-8(13)4-9(10)14/h2-4,6,15-16H,5H2,1H3. The van der Waals surface area contributed by atoms with Crippen LogP contribution in [-0.4, -0.2) is 13.5 Å². The minimum Gasteiger partial charge on any atom is -0.391 e. The molecule has 0 radical (unpaired) electrons. The fraction of sp³-hybridized carbons (Fsp3) is 0.167. The van der Waals surface area contributed by atoms with E-state index in [2.05, 4.69) is 4.72 Å². The van der Waals surface area contributed by atoms with Gasteiger partial charge in [-0.1, -0.05) is 23.2 Å². The minimum absolute atomic E-state index is 0.0935. The molecule has 0 saturated heterocycles. The summed E-state index contributed by atoms with van der Waals surface area (Å²) in [6.07, 6.45) is 0. The summed E-state index contributed by atoms with van der Waals surface area (Å²) in [5.74, 6) is 0. The molecule has 0 unspecified atom stereocenters. The van der Waals surface area contributed by atoms with E-state index in [0.717, 1.165) is 0 Å². The molecule has 0 aliphatic carbocycles. The second-order valence-electron chi connectivity index (χ2n) is 4.06. The minimum atomic E-state index is -3.81. The number of anilines is 1. The average Bonchev–Trinajstić information content (AvgIpc) is 2.75. The summed E-state index contributed by atoms with van der Waals surface area (Å²) < 4.78 is 27.2.